The van der Waals surface area contributed by atoms with Crippen molar-refractivity contribution in [2.75, 3.05) is 7.11 Å². The van der Waals surface area contributed by atoms with E-state index in [1.54, 1.807) is 12.1 Å². The molecule has 0 radical (unpaired) electrons. The predicted molar refractivity (Wildman–Crippen MR) is 60.3 cm³/mol. The van der Waals surface area contributed by atoms with Crippen LogP contribution in [0, 0.1) is 0 Å². The maximum Gasteiger partial charge on any atom is 0.310 e. The molecule has 0 heterocycles. The molecule has 0 fully saturated rings. The van der Waals surface area contributed by atoms with Crippen LogP contribution < -0.4 is 0 Å². The Hall–Kier alpha value is -0.870. The summed E-state index contributed by atoms with van der Waals surface area (Å²) in [5.41, 5.74) is 0.973. The van der Waals surface area contributed by atoms with E-state index in [9.17, 15) is 9.59 Å². The van der Waals surface area contributed by atoms with Gasteiger partial charge in [-0.3, -0.25) is 9.59 Å². The van der Waals surface area contributed by atoms with E-state index in [4.69, 9.17) is 11.6 Å². The summed E-state index contributed by atoms with van der Waals surface area (Å²) in [4.78, 5) is 21.9. The van der Waals surface area contributed by atoms with Gasteiger partial charge >= 0.3 is 5.97 Å². The SMILES string of the molecule is COC(=O)Cc1cc(Cl)cc(Br)c1C=O. The van der Waals surface area contributed by atoms with Crippen molar-refractivity contribution < 1.29 is 14.3 Å². The molecule has 15 heavy (non-hydrogen) atoms. The number of benzene rings is 1. The summed E-state index contributed by atoms with van der Waals surface area (Å²) in [6, 6.07) is 3.18. The van der Waals surface area contributed by atoms with E-state index in [2.05, 4.69) is 20.7 Å². The second-order valence-electron chi connectivity index (χ2n) is 2.83. The van der Waals surface area contributed by atoms with Gasteiger partial charge in [-0.05, 0) is 33.6 Å². The number of carbonyl (C=O) groups excluding carboxylic acids is 2. The highest BCUT2D eigenvalue weighted by Gasteiger charge is 2.11. The topological polar surface area (TPSA) is 43.4 Å². The molecular weight excluding hydrogens is 283 g/mol. The molecule has 1 aromatic carbocycles. The highest BCUT2D eigenvalue weighted by molar-refractivity contribution is 9.10. The fourth-order valence-electron chi connectivity index (χ4n) is 1.14. The molecule has 0 amide bonds. The van der Waals surface area contributed by atoms with Crippen molar-refractivity contribution in [3.05, 3.63) is 32.8 Å². The summed E-state index contributed by atoms with van der Waals surface area (Å²) in [6.45, 7) is 0. The molecule has 0 spiro atoms. The summed E-state index contributed by atoms with van der Waals surface area (Å²) in [6.07, 6.45) is 0.711. The molecule has 0 saturated carbocycles. The van der Waals surface area contributed by atoms with E-state index in [1.165, 1.54) is 7.11 Å². The van der Waals surface area contributed by atoms with Crippen LogP contribution in [0.1, 0.15) is 15.9 Å². The summed E-state index contributed by atoms with van der Waals surface area (Å²) in [7, 11) is 1.29. The lowest BCUT2D eigenvalue weighted by Crippen LogP contribution is -2.07. The van der Waals surface area contributed by atoms with Gasteiger partial charge in [0.15, 0.2) is 6.29 Å². The minimum Gasteiger partial charge on any atom is -0.469 e. The Morgan fingerprint density at radius 1 is 1.60 bits per heavy atom. The minimum absolute atomic E-state index is 0.0315. The second kappa shape index (κ2) is 5.28. The number of ether oxygens (including phenoxy) is 1. The molecule has 5 heteroatoms. The van der Waals surface area contributed by atoms with Crippen LogP contribution in [0.5, 0.6) is 0 Å². The Morgan fingerprint density at radius 2 is 2.27 bits per heavy atom. The van der Waals surface area contributed by atoms with Crippen LogP contribution >= 0.6 is 27.5 Å². The van der Waals surface area contributed by atoms with Gasteiger partial charge in [-0.15, -0.1) is 0 Å². The van der Waals surface area contributed by atoms with E-state index < -0.39 is 5.97 Å². The predicted octanol–water partition coefficient (Wildman–Crippen LogP) is 2.63. The Labute approximate surface area is 100 Å². The van der Waals surface area contributed by atoms with Crippen molar-refractivity contribution in [2.45, 2.75) is 6.42 Å². The van der Waals surface area contributed by atoms with Gasteiger partial charge in [0.1, 0.15) is 0 Å². The first-order valence-corrected chi connectivity index (χ1v) is 5.25. The highest BCUT2D eigenvalue weighted by Crippen LogP contribution is 2.25. The van der Waals surface area contributed by atoms with Crippen molar-refractivity contribution in [1.82, 2.24) is 0 Å². The number of aldehydes is 1. The molecule has 0 saturated heterocycles. The maximum absolute atomic E-state index is 11.1. The van der Waals surface area contributed by atoms with E-state index in [-0.39, 0.29) is 6.42 Å². The number of halogens is 2. The second-order valence-corrected chi connectivity index (χ2v) is 4.12. The Balaban J connectivity index is 3.14. The first-order valence-electron chi connectivity index (χ1n) is 4.08. The van der Waals surface area contributed by atoms with Gasteiger partial charge in [-0.1, -0.05) is 11.6 Å². The van der Waals surface area contributed by atoms with Crippen molar-refractivity contribution in [2.24, 2.45) is 0 Å². The maximum atomic E-state index is 11.1. The van der Waals surface area contributed by atoms with Gasteiger partial charge in [0.05, 0.1) is 13.5 Å². The molecule has 3 nitrogen and oxygen atoms in total. The van der Waals surface area contributed by atoms with Crippen LogP contribution in [0.15, 0.2) is 16.6 Å². The van der Waals surface area contributed by atoms with Gasteiger partial charge in [0.2, 0.25) is 0 Å². The average Bonchev–Trinajstić information content (AvgIpc) is 2.17. The van der Waals surface area contributed by atoms with Crippen molar-refractivity contribution in [3.8, 4) is 0 Å². The molecule has 0 aliphatic heterocycles. The third kappa shape index (κ3) is 3.04. The monoisotopic (exact) mass is 290 g/mol. The summed E-state index contributed by atoms with van der Waals surface area (Å²) >= 11 is 9.01. The molecule has 0 aromatic heterocycles. The number of rotatable bonds is 3. The number of methoxy groups -OCH3 is 1. The number of carbonyl (C=O) groups is 2. The lowest BCUT2D eigenvalue weighted by Gasteiger charge is -2.06. The fraction of sp³-hybridized carbons (Fsp3) is 0.200. The van der Waals surface area contributed by atoms with Crippen LogP contribution in [0.25, 0.3) is 0 Å². The number of hydrogen-bond donors (Lipinski definition) is 0. The van der Waals surface area contributed by atoms with Gasteiger partial charge < -0.3 is 4.74 Å². The smallest absolute Gasteiger partial charge is 0.310 e. The van der Waals surface area contributed by atoms with Gasteiger partial charge in [-0.2, -0.15) is 0 Å². The molecule has 80 valence electrons. The highest BCUT2D eigenvalue weighted by atomic mass is 79.9. The lowest BCUT2D eigenvalue weighted by molar-refractivity contribution is -0.139. The van der Waals surface area contributed by atoms with E-state index in [0.29, 0.717) is 26.9 Å². The zero-order valence-electron chi connectivity index (χ0n) is 7.92. The zero-order chi connectivity index (χ0) is 11.4. The Morgan fingerprint density at radius 3 is 2.80 bits per heavy atom. The quantitative estimate of drug-likeness (QED) is 0.635. The van der Waals surface area contributed by atoms with Crippen LogP contribution in [-0.4, -0.2) is 19.4 Å². The van der Waals surface area contributed by atoms with Crippen LogP contribution in [0.3, 0.4) is 0 Å². The first kappa shape index (κ1) is 12.2. The summed E-state index contributed by atoms with van der Waals surface area (Å²) in [5.74, 6) is -0.410. The normalized spacial score (nSPS) is 9.80. The van der Waals surface area contributed by atoms with Crippen molar-refractivity contribution >= 4 is 39.8 Å². The van der Waals surface area contributed by atoms with Crippen LogP contribution in [-0.2, 0) is 16.0 Å². The standard InChI is InChI=1S/C10H8BrClO3/c1-15-10(14)3-6-2-7(12)4-9(11)8(6)5-13/h2,4-5H,3H2,1H3. The number of hydrogen-bond acceptors (Lipinski definition) is 3. The molecule has 0 N–H and O–H groups in total. The van der Waals surface area contributed by atoms with Crippen LogP contribution in [0.4, 0.5) is 0 Å². The van der Waals surface area contributed by atoms with E-state index >= 15 is 0 Å². The van der Waals surface area contributed by atoms with Gasteiger partial charge in [0, 0.05) is 15.1 Å². The number of esters is 1. The minimum atomic E-state index is -0.410. The molecular formula is C10H8BrClO3. The Kier molecular flexibility index (Phi) is 4.29. The van der Waals surface area contributed by atoms with Crippen LogP contribution in [0.2, 0.25) is 5.02 Å². The Bertz CT molecular complexity index is 404. The molecule has 1 aromatic rings. The van der Waals surface area contributed by atoms with E-state index in [0.717, 1.165) is 0 Å². The zero-order valence-corrected chi connectivity index (χ0v) is 10.3. The molecule has 0 unspecified atom stereocenters. The third-order valence-electron chi connectivity index (χ3n) is 1.86. The van der Waals surface area contributed by atoms with Gasteiger partial charge in [0.25, 0.3) is 0 Å². The lowest BCUT2D eigenvalue weighted by atomic mass is 10.1. The molecule has 0 bridgehead atoms. The first-order chi connectivity index (χ1) is 7.08. The molecule has 0 aliphatic rings. The van der Waals surface area contributed by atoms with Crippen molar-refractivity contribution in [1.29, 1.82) is 0 Å². The fourth-order valence-corrected chi connectivity index (χ4v) is 2.11. The third-order valence-corrected chi connectivity index (χ3v) is 2.73. The van der Waals surface area contributed by atoms with Gasteiger partial charge in [-0.25, -0.2) is 0 Å². The summed E-state index contributed by atoms with van der Waals surface area (Å²) < 4.78 is 5.09. The molecule has 0 aliphatic carbocycles. The molecule has 1 rings (SSSR count). The average molecular weight is 292 g/mol. The van der Waals surface area contributed by atoms with E-state index in [1.807, 2.05) is 0 Å². The largest absolute Gasteiger partial charge is 0.469 e. The molecule has 0 atom stereocenters. The van der Waals surface area contributed by atoms with Crippen molar-refractivity contribution in [3.63, 3.8) is 0 Å². The summed E-state index contributed by atoms with van der Waals surface area (Å²) in [5, 5.41) is 0.464.